The van der Waals surface area contributed by atoms with Crippen molar-refractivity contribution >= 4 is 0 Å². The second-order valence-electron chi connectivity index (χ2n) is 6.59. The Balaban J connectivity index is 1.44. The third kappa shape index (κ3) is 3.25. The monoisotopic (exact) mass is 340 g/mol. The van der Waals surface area contributed by atoms with Crippen molar-refractivity contribution in [3.05, 3.63) is 58.3 Å². The van der Waals surface area contributed by atoms with Crippen LogP contribution in [0.2, 0.25) is 0 Å². The van der Waals surface area contributed by atoms with Gasteiger partial charge < -0.3 is 4.42 Å². The number of aromatic nitrogens is 5. The molecule has 4 heterocycles. The topological polar surface area (TPSA) is 82.0 Å². The highest BCUT2D eigenvalue weighted by molar-refractivity contribution is 5.23. The highest BCUT2D eigenvalue weighted by atomic mass is 16.3. The van der Waals surface area contributed by atoms with Crippen molar-refractivity contribution < 1.29 is 4.42 Å². The van der Waals surface area contributed by atoms with E-state index in [4.69, 9.17) is 4.42 Å². The van der Waals surface area contributed by atoms with Gasteiger partial charge in [0.05, 0.1) is 17.9 Å². The molecule has 0 atom stereocenters. The highest BCUT2D eigenvalue weighted by Crippen LogP contribution is 2.19. The normalized spacial score (nSPS) is 15.4. The van der Waals surface area contributed by atoms with Gasteiger partial charge in [0.1, 0.15) is 6.26 Å². The molecular formula is C17H20N6O2. The van der Waals surface area contributed by atoms with Crippen LogP contribution in [0.3, 0.4) is 0 Å². The maximum atomic E-state index is 12.1. The van der Waals surface area contributed by atoms with E-state index in [-0.39, 0.29) is 5.56 Å². The van der Waals surface area contributed by atoms with Crippen LogP contribution in [-0.2, 0) is 13.1 Å². The summed E-state index contributed by atoms with van der Waals surface area (Å²) in [6, 6.07) is 5.27. The molecule has 25 heavy (non-hydrogen) atoms. The molecule has 0 N–H and O–H groups in total. The molecule has 1 aliphatic heterocycles. The zero-order chi connectivity index (χ0) is 17.4. The summed E-state index contributed by atoms with van der Waals surface area (Å²) in [5.74, 6) is 1.08. The van der Waals surface area contributed by atoms with Gasteiger partial charge in [-0.05, 0) is 26.0 Å². The van der Waals surface area contributed by atoms with Gasteiger partial charge in [-0.3, -0.25) is 9.69 Å². The minimum absolute atomic E-state index is 0.0831. The average Bonchev–Trinajstić information content (AvgIpc) is 3.16. The quantitative estimate of drug-likeness (QED) is 0.693. The van der Waals surface area contributed by atoms with Crippen molar-refractivity contribution in [2.24, 2.45) is 5.92 Å². The van der Waals surface area contributed by atoms with Crippen molar-refractivity contribution in [2.75, 3.05) is 13.1 Å². The van der Waals surface area contributed by atoms with Gasteiger partial charge in [-0.25, -0.2) is 14.3 Å². The lowest BCUT2D eigenvalue weighted by Gasteiger charge is -2.38. The van der Waals surface area contributed by atoms with E-state index < -0.39 is 0 Å². The Kier molecular flexibility index (Phi) is 3.96. The van der Waals surface area contributed by atoms with E-state index in [0.29, 0.717) is 18.3 Å². The van der Waals surface area contributed by atoms with E-state index in [1.807, 2.05) is 19.9 Å². The first-order chi connectivity index (χ1) is 12.1. The molecule has 0 amide bonds. The van der Waals surface area contributed by atoms with E-state index in [0.717, 1.165) is 36.7 Å². The van der Waals surface area contributed by atoms with E-state index in [9.17, 15) is 4.79 Å². The Morgan fingerprint density at radius 3 is 2.76 bits per heavy atom. The number of aryl methyl sites for hydroxylation is 2. The van der Waals surface area contributed by atoms with Crippen molar-refractivity contribution in [3.63, 3.8) is 0 Å². The zero-order valence-electron chi connectivity index (χ0n) is 14.3. The minimum Gasteiger partial charge on any atom is -0.451 e. The first kappa shape index (κ1) is 15.8. The molecule has 0 unspecified atom stereocenters. The summed E-state index contributed by atoms with van der Waals surface area (Å²) in [6.07, 6.45) is 3.11. The molecule has 0 aliphatic carbocycles. The summed E-state index contributed by atoms with van der Waals surface area (Å²) < 4.78 is 8.30. The predicted octanol–water partition coefficient (Wildman–Crippen LogP) is 1.17. The fraction of sp³-hybridized carbons (Fsp3) is 0.412. The third-order valence-corrected chi connectivity index (χ3v) is 4.41. The largest absolute Gasteiger partial charge is 0.451 e. The Labute approximate surface area is 144 Å². The van der Waals surface area contributed by atoms with Gasteiger partial charge in [0, 0.05) is 37.3 Å². The SMILES string of the molecule is Cc1cc(C)n(-c2ccc(=O)n(CC3CN(Cc4cocn4)C3)n2)n1. The van der Waals surface area contributed by atoms with Gasteiger partial charge in [-0.15, -0.1) is 5.10 Å². The van der Waals surface area contributed by atoms with Gasteiger partial charge in [-0.2, -0.15) is 5.10 Å². The summed E-state index contributed by atoms with van der Waals surface area (Å²) >= 11 is 0. The number of hydrogen-bond donors (Lipinski definition) is 0. The highest BCUT2D eigenvalue weighted by Gasteiger charge is 2.28. The molecule has 3 aromatic rings. The van der Waals surface area contributed by atoms with E-state index in [1.165, 1.54) is 6.39 Å². The number of nitrogens with zero attached hydrogens (tertiary/aromatic N) is 6. The molecule has 0 aromatic carbocycles. The maximum absolute atomic E-state index is 12.1. The van der Waals surface area contributed by atoms with Crippen LogP contribution >= 0.6 is 0 Å². The number of oxazole rings is 1. The van der Waals surface area contributed by atoms with Crippen LogP contribution in [0.15, 0.2) is 40.1 Å². The summed E-state index contributed by atoms with van der Waals surface area (Å²) in [5, 5.41) is 8.93. The molecule has 3 aromatic heterocycles. The fourth-order valence-corrected chi connectivity index (χ4v) is 3.25. The van der Waals surface area contributed by atoms with Crippen LogP contribution < -0.4 is 5.56 Å². The van der Waals surface area contributed by atoms with Gasteiger partial charge in [0.25, 0.3) is 5.56 Å². The van der Waals surface area contributed by atoms with E-state index in [2.05, 4.69) is 20.1 Å². The van der Waals surface area contributed by atoms with Gasteiger partial charge >= 0.3 is 0 Å². The first-order valence-electron chi connectivity index (χ1n) is 8.30. The van der Waals surface area contributed by atoms with E-state index >= 15 is 0 Å². The second-order valence-corrected chi connectivity index (χ2v) is 6.59. The van der Waals surface area contributed by atoms with Gasteiger partial charge in [-0.1, -0.05) is 0 Å². The van der Waals surface area contributed by atoms with Crippen LogP contribution in [0, 0.1) is 19.8 Å². The summed E-state index contributed by atoms with van der Waals surface area (Å²) in [6.45, 7) is 7.15. The molecule has 1 saturated heterocycles. The molecule has 4 rings (SSSR count). The fourth-order valence-electron chi connectivity index (χ4n) is 3.25. The van der Waals surface area contributed by atoms with E-state index in [1.54, 1.807) is 27.8 Å². The Morgan fingerprint density at radius 1 is 1.24 bits per heavy atom. The molecular weight excluding hydrogens is 320 g/mol. The van der Waals surface area contributed by atoms with Crippen molar-refractivity contribution in [3.8, 4) is 5.82 Å². The molecule has 0 spiro atoms. The Morgan fingerprint density at radius 2 is 2.08 bits per heavy atom. The standard InChI is InChI=1S/C17H20N6O2/c1-12-5-13(2)23(19-12)16-3-4-17(24)22(20-16)8-14-6-21(7-14)9-15-10-25-11-18-15/h3-5,10-11,14H,6-9H2,1-2H3. The molecule has 1 aliphatic rings. The lowest BCUT2D eigenvalue weighted by molar-refractivity contribution is 0.0753. The lowest BCUT2D eigenvalue weighted by atomic mass is 10.00. The predicted molar refractivity (Wildman–Crippen MR) is 90.4 cm³/mol. The van der Waals surface area contributed by atoms with Crippen LogP contribution in [0.4, 0.5) is 0 Å². The maximum Gasteiger partial charge on any atom is 0.266 e. The number of likely N-dealkylation sites (tertiary alicyclic amines) is 1. The Bertz CT molecular complexity index is 921. The summed E-state index contributed by atoms with van der Waals surface area (Å²) in [4.78, 5) is 18.5. The van der Waals surface area contributed by atoms with Crippen LogP contribution in [0.5, 0.6) is 0 Å². The molecule has 0 saturated carbocycles. The average molecular weight is 340 g/mol. The van der Waals surface area contributed by atoms with Crippen molar-refractivity contribution in [1.29, 1.82) is 0 Å². The zero-order valence-corrected chi connectivity index (χ0v) is 14.3. The molecule has 0 bridgehead atoms. The second kappa shape index (κ2) is 6.29. The molecule has 8 nitrogen and oxygen atoms in total. The molecule has 8 heteroatoms. The van der Waals surface area contributed by atoms with Crippen LogP contribution in [0.1, 0.15) is 17.1 Å². The smallest absolute Gasteiger partial charge is 0.266 e. The lowest BCUT2D eigenvalue weighted by Crippen LogP contribution is -2.49. The van der Waals surface area contributed by atoms with Gasteiger partial charge in [0.15, 0.2) is 12.2 Å². The van der Waals surface area contributed by atoms with Crippen LogP contribution in [-0.4, -0.2) is 42.5 Å². The third-order valence-electron chi connectivity index (χ3n) is 4.41. The molecule has 130 valence electrons. The molecule has 1 fully saturated rings. The van der Waals surface area contributed by atoms with Crippen molar-refractivity contribution in [1.82, 2.24) is 29.4 Å². The number of rotatable bonds is 5. The molecule has 0 radical (unpaired) electrons. The first-order valence-corrected chi connectivity index (χ1v) is 8.30. The summed E-state index contributed by atoms with van der Waals surface area (Å²) in [7, 11) is 0. The van der Waals surface area contributed by atoms with Crippen molar-refractivity contribution in [2.45, 2.75) is 26.9 Å². The van der Waals surface area contributed by atoms with Gasteiger partial charge in [0.2, 0.25) is 0 Å². The van der Waals surface area contributed by atoms with Crippen LogP contribution in [0.25, 0.3) is 5.82 Å². The summed E-state index contributed by atoms with van der Waals surface area (Å²) in [5.41, 5.74) is 2.78. The minimum atomic E-state index is -0.0831. The number of hydrogen-bond acceptors (Lipinski definition) is 6. The Hall–Kier alpha value is -2.74.